The van der Waals surface area contributed by atoms with Crippen LogP contribution in [0.5, 0.6) is 0 Å². The summed E-state index contributed by atoms with van der Waals surface area (Å²) in [5.41, 5.74) is 3.39. The molecule has 4 nitrogen and oxygen atoms in total. The minimum atomic E-state index is -0.182. The molecule has 12 heavy (non-hydrogen) atoms. The standard InChI is InChI=1S/C8H14N2O2/c1-7-4-3-5-10(6-7)8(11)9-12-2/h1,3-6H2,2H3,(H,9,11). The molecule has 4 heteroatoms. The summed E-state index contributed by atoms with van der Waals surface area (Å²) in [5, 5.41) is 0. The van der Waals surface area contributed by atoms with Crippen molar-refractivity contribution in [3.63, 3.8) is 0 Å². The van der Waals surface area contributed by atoms with Gasteiger partial charge in [0.25, 0.3) is 0 Å². The molecule has 1 heterocycles. The van der Waals surface area contributed by atoms with E-state index in [4.69, 9.17) is 0 Å². The normalized spacial score (nSPS) is 17.8. The highest BCUT2D eigenvalue weighted by Gasteiger charge is 2.17. The smallest absolute Gasteiger partial charge is 0.319 e. The Kier molecular flexibility index (Phi) is 3.10. The third kappa shape index (κ3) is 2.23. The van der Waals surface area contributed by atoms with E-state index in [1.54, 1.807) is 4.90 Å². The lowest BCUT2D eigenvalue weighted by Crippen LogP contribution is -2.42. The first kappa shape index (κ1) is 9.06. The topological polar surface area (TPSA) is 41.6 Å². The van der Waals surface area contributed by atoms with Gasteiger partial charge in [-0.25, -0.2) is 10.3 Å². The van der Waals surface area contributed by atoms with Crippen molar-refractivity contribution in [1.29, 1.82) is 0 Å². The minimum absolute atomic E-state index is 0.182. The van der Waals surface area contributed by atoms with E-state index in [0.29, 0.717) is 6.54 Å². The number of hydrogen-bond acceptors (Lipinski definition) is 2. The molecule has 0 aromatic rings. The summed E-state index contributed by atoms with van der Waals surface area (Å²) in [5.74, 6) is 0. The number of rotatable bonds is 1. The van der Waals surface area contributed by atoms with Gasteiger partial charge >= 0.3 is 6.03 Å². The lowest BCUT2D eigenvalue weighted by atomic mass is 10.1. The number of piperidine rings is 1. The van der Waals surface area contributed by atoms with Gasteiger partial charge in [-0.05, 0) is 12.8 Å². The van der Waals surface area contributed by atoms with Crippen LogP contribution in [-0.4, -0.2) is 31.1 Å². The lowest BCUT2D eigenvalue weighted by molar-refractivity contribution is 0.0863. The van der Waals surface area contributed by atoms with Crippen molar-refractivity contribution >= 4 is 6.03 Å². The zero-order valence-corrected chi connectivity index (χ0v) is 7.30. The molecule has 1 fully saturated rings. The molecule has 1 aliphatic rings. The highest BCUT2D eigenvalue weighted by Crippen LogP contribution is 2.12. The first-order chi connectivity index (χ1) is 5.74. The summed E-state index contributed by atoms with van der Waals surface area (Å²) in [6, 6.07) is -0.182. The number of carbonyl (C=O) groups is 1. The maximum Gasteiger partial charge on any atom is 0.341 e. The fraction of sp³-hybridized carbons (Fsp3) is 0.625. The predicted octanol–water partition coefficient (Wildman–Crippen LogP) is 0.909. The van der Waals surface area contributed by atoms with Crippen LogP contribution in [0.25, 0.3) is 0 Å². The fourth-order valence-electron chi connectivity index (χ4n) is 1.27. The van der Waals surface area contributed by atoms with Crippen LogP contribution in [0.4, 0.5) is 4.79 Å². The third-order valence-corrected chi connectivity index (χ3v) is 1.85. The van der Waals surface area contributed by atoms with E-state index in [2.05, 4.69) is 16.9 Å². The number of likely N-dealkylation sites (tertiary alicyclic amines) is 1. The monoisotopic (exact) mass is 170 g/mol. The number of hydroxylamine groups is 1. The van der Waals surface area contributed by atoms with Gasteiger partial charge in [0, 0.05) is 13.1 Å². The molecular weight excluding hydrogens is 156 g/mol. The van der Waals surface area contributed by atoms with E-state index in [0.717, 1.165) is 25.0 Å². The second-order valence-electron chi connectivity index (χ2n) is 2.89. The quantitative estimate of drug-likeness (QED) is 0.469. The van der Waals surface area contributed by atoms with Crippen molar-refractivity contribution in [3.05, 3.63) is 12.2 Å². The maximum absolute atomic E-state index is 11.2. The molecule has 1 aliphatic heterocycles. The van der Waals surface area contributed by atoms with Crippen LogP contribution >= 0.6 is 0 Å². The number of carbonyl (C=O) groups excluding carboxylic acids is 1. The summed E-state index contributed by atoms with van der Waals surface area (Å²) >= 11 is 0. The molecule has 1 N–H and O–H groups in total. The Morgan fingerprint density at radius 3 is 3.08 bits per heavy atom. The van der Waals surface area contributed by atoms with Gasteiger partial charge in [0.2, 0.25) is 0 Å². The van der Waals surface area contributed by atoms with Gasteiger partial charge in [-0.2, -0.15) is 0 Å². The molecule has 1 saturated heterocycles. The van der Waals surface area contributed by atoms with Gasteiger partial charge in [-0.15, -0.1) is 0 Å². The van der Waals surface area contributed by atoms with Gasteiger partial charge < -0.3 is 4.90 Å². The number of urea groups is 1. The third-order valence-electron chi connectivity index (χ3n) is 1.85. The SMILES string of the molecule is C=C1CCCN(C(=O)NOC)C1. The van der Waals surface area contributed by atoms with Gasteiger partial charge in [-0.3, -0.25) is 4.84 Å². The van der Waals surface area contributed by atoms with Crippen LogP contribution in [0.1, 0.15) is 12.8 Å². The van der Waals surface area contributed by atoms with Crippen molar-refractivity contribution in [2.45, 2.75) is 12.8 Å². The fourth-order valence-corrected chi connectivity index (χ4v) is 1.27. The molecule has 0 aromatic carbocycles. The molecule has 1 rings (SSSR count). The van der Waals surface area contributed by atoms with Gasteiger partial charge in [0.15, 0.2) is 0 Å². The molecule has 0 atom stereocenters. The summed E-state index contributed by atoms with van der Waals surface area (Å²) in [6.45, 7) is 5.28. The van der Waals surface area contributed by atoms with Crippen molar-refractivity contribution < 1.29 is 9.63 Å². The molecular formula is C8H14N2O2. The molecule has 68 valence electrons. The Bertz CT molecular complexity index is 191. The molecule has 0 unspecified atom stereocenters. The van der Waals surface area contributed by atoms with Crippen molar-refractivity contribution in [3.8, 4) is 0 Å². The Morgan fingerprint density at radius 1 is 1.75 bits per heavy atom. The Morgan fingerprint density at radius 2 is 2.50 bits per heavy atom. The van der Waals surface area contributed by atoms with Gasteiger partial charge in [0.05, 0.1) is 7.11 Å². The first-order valence-electron chi connectivity index (χ1n) is 3.98. The Hall–Kier alpha value is -1.03. The highest BCUT2D eigenvalue weighted by atomic mass is 16.6. The second kappa shape index (κ2) is 4.11. The zero-order chi connectivity index (χ0) is 8.97. The van der Waals surface area contributed by atoms with Crippen molar-refractivity contribution in [2.24, 2.45) is 0 Å². The Labute approximate surface area is 72.1 Å². The molecule has 2 amide bonds. The van der Waals surface area contributed by atoms with E-state index in [-0.39, 0.29) is 6.03 Å². The summed E-state index contributed by atoms with van der Waals surface area (Å²) in [4.78, 5) is 17.4. The van der Waals surface area contributed by atoms with Crippen LogP contribution in [-0.2, 0) is 4.84 Å². The molecule has 0 aliphatic carbocycles. The Balaban J connectivity index is 2.40. The maximum atomic E-state index is 11.2. The van der Waals surface area contributed by atoms with E-state index in [9.17, 15) is 4.79 Å². The first-order valence-corrected chi connectivity index (χ1v) is 3.98. The van der Waals surface area contributed by atoms with E-state index < -0.39 is 0 Å². The van der Waals surface area contributed by atoms with Crippen LogP contribution < -0.4 is 5.48 Å². The van der Waals surface area contributed by atoms with Crippen LogP contribution in [0.15, 0.2) is 12.2 Å². The highest BCUT2D eigenvalue weighted by molar-refractivity contribution is 5.73. The summed E-state index contributed by atoms with van der Waals surface area (Å²) < 4.78 is 0. The predicted molar refractivity (Wildman–Crippen MR) is 45.5 cm³/mol. The van der Waals surface area contributed by atoms with Gasteiger partial charge in [0.1, 0.15) is 0 Å². The van der Waals surface area contributed by atoms with Gasteiger partial charge in [-0.1, -0.05) is 12.2 Å². The van der Waals surface area contributed by atoms with E-state index >= 15 is 0 Å². The number of nitrogens with one attached hydrogen (secondary N) is 1. The number of amides is 2. The van der Waals surface area contributed by atoms with Crippen LogP contribution in [0.2, 0.25) is 0 Å². The van der Waals surface area contributed by atoms with E-state index in [1.807, 2.05) is 0 Å². The largest absolute Gasteiger partial charge is 0.341 e. The minimum Gasteiger partial charge on any atom is -0.319 e. The summed E-state index contributed by atoms with van der Waals surface area (Å²) in [7, 11) is 1.43. The number of hydrogen-bond donors (Lipinski definition) is 1. The van der Waals surface area contributed by atoms with Crippen LogP contribution in [0.3, 0.4) is 0 Å². The average Bonchev–Trinajstić information content (AvgIpc) is 2.05. The van der Waals surface area contributed by atoms with Crippen molar-refractivity contribution in [1.82, 2.24) is 10.4 Å². The number of nitrogens with zero attached hydrogens (tertiary/aromatic N) is 1. The molecule has 0 aromatic heterocycles. The average molecular weight is 170 g/mol. The van der Waals surface area contributed by atoms with Crippen LogP contribution in [0, 0.1) is 0 Å². The lowest BCUT2D eigenvalue weighted by Gasteiger charge is -2.27. The summed E-state index contributed by atoms with van der Waals surface area (Å²) in [6.07, 6.45) is 2.02. The zero-order valence-electron chi connectivity index (χ0n) is 7.30. The molecule has 0 bridgehead atoms. The molecule has 0 radical (unpaired) electrons. The molecule has 0 saturated carbocycles. The molecule has 0 spiro atoms. The van der Waals surface area contributed by atoms with E-state index in [1.165, 1.54) is 7.11 Å². The van der Waals surface area contributed by atoms with Crippen molar-refractivity contribution in [2.75, 3.05) is 20.2 Å². The second-order valence-corrected chi connectivity index (χ2v) is 2.89.